The number of nitrogens with one attached hydrogen (secondary N) is 1. The number of piperidine rings is 1. The van der Waals surface area contributed by atoms with Gasteiger partial charge in [-0.05, 0) is 57.9 Å². The van der Waals surface area contributed by atoms with Crippen molar-refractivity contribution in [3.05, 3.63) is 54.9 Å². The molecule has 0 saturated carbocycles. The van der Waals surface area contributed by atoms with Gasteiger partial charge < -0.3 is 19.4 Å². The second kappa shape index (κ2) is 8.41. The number of anilines is 1. The van der Waals surface area contributed by atoms with Gasteiger partial charge in [0.1, 0.15) is 11.2 Å². The van der Waals surface area contributed by atoms with Crippen molar-refractivity contribution in [2.75, 3.05) is 18.4 Å². The van der Waals surface area contributed by atoms with E-state index < -0.39 is 5.60 Å². The van der Waals surface area contributed by atoms with E-state index in [4.69, 9.17) is 4.74 Å². The first kappa shape index (κ1) is 20.9. The lowest BCUT2D eigenvalue weighted by molar-refractivity contribution is -0.121. The fourth-order valence-electron chi connectivity index (χ4n) is 3.73. The number of nitrogens with zero attached hydrogens (tertiary/aromatic N) is 3. The van der Waals surface area contributed by atoms with Crippen LogP contribution in [-0.2, 0) is 9.53 Å². The van der Waals surface area contributed by atoms with Gasteiger partial charge in [0.15, 0.2) is 0 Å². The van der Waals surface area contributed by atoms with Crippen molar-refractivity contribution in [1.82, 2.24) is 14.3 Å². The number of hydrogen-bond donors (Lipinski definition) is 1. The topological polar surface area (TPSA) is 75.9 Å². The molecular weight excluding hydrogens is 392 g/mol. The zero-order valence-electron chi connectivity index (χ0n) is 18.2. The number of imidazole rings is 1. The fraction of sp³-hybridized carbons (Fsp3) is 0.375. The summed E-state index contributed by atoms with van der Waals surface area (Å²) in [5, 5.41) is 2.98. The molecule has 2 aromatic heterocycles. The third kappa shape index (κ3) is 5.05. The van der Waals surface area contributed by atoms with Crippen LogP contribution in [0, 0.1) is 5.92 Å². The van der Waals surface area contributed by atoms with E-state index in [1.807, 2.05) is 80.0 Å². The first-order valence-electron chi connectivity index (χ1n) is 10.6. The Labute approximate surface area is 182 Å². The lowest BCUT2D eigenvalue weighted by atomic mass is 9.97. The number of pyridine rings is 1. The summed E-state index contributed by atoms with van der Waals surface area (Å²) in [6.45, 7) is 6.52. The molecule has 1 fully saturated rings. The fourth-order valence-corrected chi connectivity index (χ4v) is 3.73. The van der Waals surface area contributed by atoms with Crippen LogP contribution in [0.25, 0.3) is 16.9 Å². The molecule has 0 spiro atoms. The number of likely N-dealkylation sites (tertiary alicyclic amines) is 1. The van der Waals surface area contributed by atoms with E-state index in [1.54, 1.807) is 4.90 Å². The van der Waals surface area contributed by atoms with Gasteiger partial charge in [0.05, 0.1) is 11.6 Å². The van der Waals surface area contributed by atoms with E-state index >= 15 is 0 Å². The second-order valence-corrected chi connectivity index (χ2v) is 8.92. The number of rotatable bonds is 3. The van der Waals surface area contributed by atoms with Gasteiger partial charge in [-0.15, -0.1) is 0 Å². The molecule has 0 aliphatic carbocycles. The average molecular weight is 421 g/mol. The highest BCUT2D eigenvalue weighted by molar-refractivity contribution is 5.93. The van der Waals surface area contributed by atoms with Gasteiger partial charge in [-0.25, -0.2) is 9.78 Å². The molecule has 1 atom stereocenters. The number of hydrogen-bond acceptors (Lipinski definition) is 4. The van der Waals surface area contributed by atoms with E-state index in [0.717, 1.165) is 35.4 Å². The number of carbonyl (C=O) groups is 2. The zero-order valence-corrected chi connectivity index (χ0v) is 18.2. The molecule has 1 N–H and O–H groups in total. The Kier molecular flexibility index (Phi) is 5.67. The summed E-state index contributed by atoms with van der Waals surface area (Å²) in [6.07, 6.45) is 5.12. The SMILES string of the molecule is CC(C)(C)OC(=O)N1CCC[C@H](C(=O)Nc2ccc(-c3cn4ccccc4n3)cc2)C1. The predicted molar refractivity (Wildman–Crippen MR) is 120 cm³/mol. The molecule has 0 radical (unpaired) electrons. The first-order valence-corrected chi connectivity index (χ1v) is 10.6. The molecule has 4 rings (SSSR count). The van der Waals surface area contributed by atoms with Gasteiger partial charge in [-0.1, -0.05) is 18.2 Å². The van der Waals surface area contributed by atoms with Crippen molar-refractivity contribution >= 4 is 23.3 Å². The molecule has 0 unspecified atom stereocenters. The van der Waals surface area contributed by atoms with Crippen LogP contribution in [0.15, 0.2) is 54.9 Å². The standard InChI is InChI=1S/C24H28N4O3/c1-24(2,3)31-23(30)28-14-6-7-18(15-28)22(29)25-19-11-9-17(10-12-19)20-16-27-13-5-4-8-21(27)26-20/h4-5,8-13,16,18H,6-7,14-15H2,1-3H3,(H,25,29)/t18-/m0/s1. The summed E-state index contributed by atoms with van der Waals surface area (Å²) in [7, 11) is 0. The zero-order chi connectivity index (χ0) is 22.0. The van der Waals surface area contributed by atoms with E-state index in [0.29, 0.717) is 13.1 Å². The highest BCUT2D eigenvalue weighted by Gasteiger charge is 2.31. The van der Waals surface area contributed by atoms with Crippen molar-refractivity contribution in [1.29, 1.82) is 0 Å². The molecule has 1 aliphatic heterocycles. The summed E-state index contributed by atoms with van der Waals surface area (Å²) in [4.78, 5) is 31.4. The monoisotopic (exact) mass is 420 g/mol. The summed E-state index contributed by atoms with van der Waals surface area (Å²) in [6, 6.07) is 13.5. The highest BCUT2D eigenvalue weighted by atomic mass is 16.6. The van der Waals surface area contributed by atoms with Crippen LogP contribution in [0.5, 0.6) is 0 Å². The Morgan fingerprint density at radius 3 is 2.61 bits per heavy atom. The Balaban J connectivity index is 1.38. The van der Waals surface area contributed by atoms with Crippen molar-refractivity contribution in [3.8, 4) is 11.3 Å². The quantitative estimate of drug-likeness (QED) is 0.673. The van der Waals surface area contributed by atoms with Gasteiger partial charge in [0.25, 0.3) is 0 Å². The molecule has 3 aromatic rings. The van der Waals surface area contributed by atoms with Crippen LogP contribution in [0.3, 0.4) is 0 Å². The van der Waals surface area contributed by atoms with Gasteiger partial charge in [0, 0.05) is 36.7 Å². The summed E-state index contributed by atoms with van der Waals surface area (Å²) < 4.78 is 7.42. The van der Waals surface area contributed by atoms with Crippen molar-refractivity contribution in [2.45, 2.75) is 39.2 Å². The maximum Gasteiger partial charge on any atom is 0.410 e. The Hall–Kier alpha value is -3.35. The number of fused-ring (bicyclic) bond motifs is 1. The van der Waals surface area contributed by atoms with Crippen LogP contribution in [-0.4, -0.2) is 45.0 Å². The van der Waals surface area contributed by atoms with Crippen LogP contribution in [0.1, 0.15) is 33.6 Å². The van der Waals surface area contributed by atoms with Gasteiger partial charge in [-0.3, -0.25) is 4.79 Å². The van der Waals surface area contributed by atoms with Crippen LogP contribution < -0.4 is 5.32 Å². The predicted octanol–water partition coefficient (Wildman–Crippen LogP) is 4.59. The lowest BCUT2D eigenvalue weighted by Gasteiger charge is -2.33. The molecule has 2 amide bonds. The number of carbonyl (C=O) groups excluding carboxylic acids is 2. The third-order valence-electron chi connectivity index (χ3n) is 5.26. The van der Waals surface area contributed by atoms with Gasteiger partial charge in [-0.2, -0.15) is 0 Å². The Morgan fingerprint density at radius 1 is 1.13 bits per heavy atom. The smallest absolute Gasteiger partial charge is 0.410 e. The number of benzene rings is 1. The minimum atomic E-state index is -0.547. The minimum absolute atomic E-state index is 0.0752. The molecule has 1 aromatic carbocycles. The second-order valence-electron chi connectivity index (χ2n) is 8.92. The summed E-state index contributed by atoms with van der Waals surface area (Å²) in [5.41, 5.74) is 2.93. The average Bonchev–Trinajstić information content (AvgIpc) is 3.17. The van der Waals surface area contributed by atoms with E-state index in [1.165, 1.54) is 0 Å². The third-order valence-corrected chi connectivity index (χ3v) is 5.26. The van der Waals surface area contributed by atoms with Gasteiger partial charge in [0.2, 0.25) is 5.91 Å². The number of amides is 2. The summed E-state index contributed by atoms with van der Waals surface area (Å²) >= 11 is 0. The molecule has 3 heterocycles. The molecule has 7 nitrogen and oxygen atoms in total. The molecule has 1 saturated heterocycles. The molecular formula is C24H28N4O3. The number of aromatic nitrogens is 2. The van der Waals surface area contributed by atoms with Crippen LogP contribution in [0.4, 0.5) is 10.5 Å². The van der Waals surface area contributed by atoms with Crippen molar-refractivity contribution in [2.24, 2.45) is 5.92 Å². The summed E-state index contributed by atoms with van der Waals surface area (Å²) in [5.74, 6) is -0.326. The highest BCUT2D eigenvalue weighted by Crippen LogP contribution is 2.24. The number of ether oxygens (including phenoxy) is 1. The van der Waals surface area contributed by atoms with Crippen molar-refractivity contribution in [3.63, 3.8) is 0 Å². The molecule has 7 heteroatoms. The van der Waals surface area contributed by atoms with Crippen molar-refractivity contribution < 1.29 is 14.3 Å². The molecule has 1 aliphatic rings. The maximum absolute atomic E-state index is 12.8. The van der Waals surface area contributed by atoms with Gasteiger partial charge >= 0.3 is 6.09 Å². The minimum Gasteiger partial charge on any atom is -0.444 e. The first-order chi connectivity index (χ1) is 14.8. The Bertz CT molecular complexity index is 1050. The largest absolute Gasteiger partial charge is 0.444 e. The lowest BCUT2D eigenvalue weighted by Crippen LogP contribution is -2.45. The molecule has 162 valence electrons. The molecule has 31 heavy (non-hydrogen) atoms. The van der Waals surface area contributed by atoms with Crippen LogP contribution in [0.2, 0.25) is 0 Å². The van der Waals surface area contributed by atoms with Crippen LogP contribution >= 0.6 is 0 Å². The van der Waals surface area contributed by atoms with E-state index in [-0.39, 0.29) is 17.9 Å². The normalized spacial score (nSPS) is 16.9. The Morgan fingerprint density at radius 2 is 1.90 bits per heavy atom. The van der Waals surface area contributed by atoms with E-state index in [9.17, 15) is 9.59 Å². The molecule has 0 bridgehead atoms. The maximum atomic E-state index is 12.8. The van der Waals surface area contributed by atoms with E-state index in [2.05, 4.69) is 10.3 Å².